The molecule has 0 radical (unpaired) electrons. The van der Waals surface area contributed by atoms with E-state index >= 15 is 0 Å². The Bertz CT molecular complexity index is 476. The van der Waals surface area contributed by atoms with E-state index in [1.807, 2.05) is 0 Å². The lowest BCUT2D eigenvalue weighted by Crippen LogP contribution is -2.02. The normalized spacial score (nSPS) is 10.1. The molecule has 0 aliphatic rings. The number of halogens is 2. The number of methoxy groups -OCH3 is 1. The van der Waals surface area contributed by atoms with Crippen LogP contribution in [0.25, 0.3) is 0 Å². The van der Waals surface area contributed by atoms with Crippen LogP contribution >= 0.6 is 31.9 Å². The number of hydrogen-bond donors (Lipinski definition) is 0. The van der Waals surface area contributed by atoms with Gasteiger partial charge in [0.15, 0.2) is 4.47 Å². The van der Waals surface area contributed by atoms with E-state index in [1.54, 1.807) is 0 Å². The van der Waals surface area contributed by atoms with E-state index in [0.717, 1.165) is 0 Å². The third-order valence-corrected chi connectivity index (χ3v) is 3.57. The first-order valence-corrected chi connectivity index (χ1v) is 5.75. The molecule has 0 heterocycles. The number of ether oxygens (including phenoxy) is 1. The molecule has 0 aliphatic carbocycles. The van der Waals surface area contributed by atoms with Crippen LogP contribution in [0.3, 0.4) is 0 Å². The Hall–Kier alpha value is -1.22. The van der Waals surface area contributed by atoms with Crippen LogP contribution < -0.4 is 4.74 Å². The first kappa shape index (κ1) is 13.8. The zero-order chi connectivity index (χ0) is 13.3. The summed E-state index contributed by atoms with van der Waals surface area (Å²) in [6.07, 6.45) is 0. The Morgan fingerprint density at radius 3 is 1.88 bits per heavy atom. The minimum absolute atomic E-state index is 0.0694. The van der Waals surface area contributed by atoms with E-state index < -0.39 is 15.5 Å². The Morgan fingerprint density at radius 2 is 1.53 bits per heavy atom. The minimum atomic E-state index is -0.719. The van der Waals surface area contributed by atoms with Crippen LogP contribution in [0.2, 0.25) is 0 Å². The molecule has 92 valence electrons. The summed E-state index contributed by atoms with van der Waals surface area (Å²) in [6, 6.07) is 0. The molecule has 17 heavy (non-hydrogen) atoms. The van der Waals surface area contributed by atoms with Crippen LogP contribution in [-0.2, 0) is 0 Å². The number of benzene rings is 1. The number of hydrogen-bond acceptors (Lipinski definition) is 5. The van der Waals surface area contributed by atoms with Gasteiger partial charge >= 0.3 is 5.69 Å². The van der Waals surface area contributed by atoms with E-state index in [-0.39, 0.29) is 25.9 Å². The van der Waals surface area contributed by atoms with Crippen molar-refractivity contribution in [3.8, 4) is 5.75 Å². The topological polar surface area (TPSA) is 95.5 Å². The number of nitro groups is 2. The second-order valence-electron chi connectivity index (χ2n) is 3.00. The summed E-state index contributed by atoms with van der Waals surface area (Å²) in [5.74, 6) is 0.0756. The summed E-state index contributed by atoms with van der Waals surface area (Å²) in [7, 11) is 1.29. The van der Waals surface area contributed by atoms with Crippen LogP contribution in [-0.4, -0.2) is 17.0 Å². The lowest BCUT2D eigenvalue weighted by Gasteiger charge is -2.09. The van der Waals surface area contributed by atoms with Crippen molar-refractivity contribution in [2.75, 3.05) is 7.11 Å². The van der Waals surface area contributed by atoms with Gasteiger partial charge < -0.3 is 4.74 Å². The quantitative estimate of drug-likeness (QED) is 0.601. The molecule has 7 nitrogen and oxygen atoms in total. The molecule has 1 aromatic rings. The van der Waals surface area contributed by atoms with E-state index in [4.69, 9.17) is 4.74 Å². The first-order valence-electron chi connectivity index (χ1n) is 4.17. The van der Waals surface area contributed by atoms with Gasteiger partial charge in [-0.15, -0.1) is 0 Å². The molecule has 0 N–H and O–H groups in total. The van der Waals surface area contributed by atoms with Crippen LogP contribution in [0.4, 0.5) is 11.4 Å². The molecule has 1 rings (SSSR count). The van der Waals surface area contributed by atoms with Crippen molar-refractivity contribution in [3.05, 3.63) is 34.7 Å². The maximum absolute atomic E-state index is 10.9. The molecule has 0 aromatic heterocycles. The van der Waals surface area contributed by atoms with Gasteiger partial charge in [-0.25, -0.2) is 0 Å². The summed E-state index contributed by atoms with van der Waals surface area (Å²) in [5, 5.41) is 21.7. The van der Waals surface area contributed by atoms with Crippen molar-refractivity contribution in [2.24, 2.45) is 0 Å². The molecule has 0 unspecified atom stereocenters. The van der Waals surface area contributed by atoms with Crippen LogP contribution in [0.1, 0.15) is 5.56 Å². The van der Waals surface area contributed by atoms with Gasteiger partial charge in [0.05, 0.1) is 22.5 Å². The second kappa shape index (κ2) is 4.96. The van der Waals surface area contributed by atoms with E-state index in [1.165, 1.54) is 14.0 Å². The van der Waals surface area contributed by atoms with Gasteiger partial charge in [0, 0.05) is 0 Å². The van der Waals surface area contributed by atoms with Crippen molar-refractivity contribution in [1.29, 1.82) is 0 Å². The SMILES string of the molecule is COc1c(C)c([N+](=O)[O-])c(Br)c([N+](=O)[O-])c1Br. The summed E-state index contributed by atoms with van der Waals surface area (Å²) in [4.78, 5) is 20.3. The third kappa shape index (κ3) is 2.25. The molecule has 0 atom stereocenters. The summed E-state index contributed by atoms with van der Waals surface area (Å²) in [5.41, 5.74) is -0.599. The van der Waals surface area contributed by atoms with E-state index in [9.17, 15) is 20.2 Å². The van der Waals surface area contributed by atoms with Gasteiger partial charge in [0.2, 0.25) is 0 Å². The average Bonchev–Trinajstić information content (AvgIpc) is 2.16. The zero-order valence-corrected chi connectivity index (χ0v) is 11.9. The predicted molar refractivity (Wildman–Crippen MR) is 66.4 cm³/mol. The minimum Gasteiger partial charge on any atom is -0.495 e. The monoisotopic (exact) mass is 368 g/mol. The second-order valence-corrected chi connectivity index (χ2v) is 4.58. The van der Waals surface area contributed by atoms with Gasteiger partial charge in [-0.3, -0.25) is 20.2 Å². The Labute approximate surface area is 112 Å². The lowest BCUT2D eigenvalue weighted by atomic mass is 10.1. The average molecular weight is 370 g/mol. The van der Waals surface area contributed by atoms with Crippen molar-refractivity contribution >= 4 is 43.2 Å². The zero-order valence-electron chi connectivity index (χ0n) is 8.69. The Balaban J connectivity index is 3.82. The highest BCUT2D eigenvalue weighted by Gasteiger charge is 2.33. The van der Waals surface area contributed by atoms with Crippen molar-refractivity contribution in [1.82, 2.24) is 0 Å². The van der Waals surface area contributed by atoms with Gasteiger partial charge in [0.25, 0.3) is 5.69 Å². The number of rotatable bonds is 3. The van der Waals surface area contributed by atoms with Gasteiger partial charge in [-0.2, -0.15) is 0 Å². The summed E-state index contributed by atoms with van der Waals surface area (Å²) in [6.45, 7) is 1.45. The largest absolute Gasteiger partial charge is 0.495 e. The highest BCUT2D eigenvalue weighted by Crippen LogP contribution is 2.48. The van der Waals surface area contributed by atoms with E-state index in [2.05, 4.69) is 31.9 Å². The fourth-order valence-corrected chi connectivity index (χ4v) is 3.23. The van der Waals surface area contributed by atoms with Crippen molar-refractivity contribution < 1.29 is 14.6 Å². The summed E-state index contributed by atoms with van der Waals surface area (Å²) >= 11 is 5.89. The molecule has 0 saturated carbocycles. The molecule has 0 aliphatic heterocycles. The number of nitro benzene ring substituents is 2. The fourth-order valence-electron chi connectivity index (χ4n) is 1.37. The van der Waals surface area contributed by atoms with Gasteiger partial charge in [0.1, 0.15) is 10.2 Å². The first-order chi connectivity index (χ1) is 7.82. The highest BCUT2D eigenvalue weighted by molar-refractivity contribution is 9.11. The standard InChI is InChI=1S/C8H6Br2N2O5/c1-3-6(11(13)14)4(9)7(12(15)16)5(10)8(3)17-2/h1-2H3. The molecule has 0 fully saturated rings. The maximum atomic E-state index is 10.9. The molecule has 1 aromatic carbocycles. The van der Waals surface area contributed by atoms with Gasteiger partial charge in [-0.1, -0.05) is 0 Å². The Kier molecular flexibility index (Phi) is 4.04. The molecular weight excluding hydrogens is 364 g/mol. The van der Waals surface area contributed by atoms with Crippen LogP contribution in [0.15, 0.2) is 8.95 Å². The van der Waals surface area contributed by atoms with E-state index in [0.29, 0.717) is 0 Å². The third-order valence-electron chi connectivity index (χ3n) is 2.09. The molecule has 0 saturated heterocycles. The lowest BCUT2D eigenvalue weighted by molar-refractivity contribution is -0.396. The molecule has 0 bridgehead atoms. The fraction of sp³-hybridized carbons (Fsp3) is 0.250. The maximum Gasteiger partial charge on any atom is 0.308 e. The van der Waals surface area contributed by atoms with Gasteiger partial charge in [-0.05, 0) is 38.8 Å². The number of nitrogens with zero attached hydrogens (tertiary/aromatic N) is 2. The molecular formula is C8H6Br2N2O5. The predicted octanol–water partition coefficient (Wildman–Crippen LogP) is 3.35. The van der Waals surface area contributed by atoms with Crippen molar-refractivity contribution in [3.63, 3.8) is 0 Å². The smallest absolute Gasteiger partial charge is 0.308 e. The van der Waals surface area contributed by atoms with Crippen LogP contribution in [0.5, 0.6) is 5.75 Å². The van der Waals surface area contributed by atoms with Crippen molar-refractivity contribution in [2.45, 2.75) is 6.92 Å². The van der Waals surface area contributed by atoms with Crippen LogP contribution in [0, 0.1) is 27.2 Å². The highest BCUT2D eigenvalue weighted by atomic mass is 79.9. The molecule has 0 amide bonds. The molecule has 9 heteroatoms. The molecule has 0 spiro atoms. The summed E-state index contributed by atoms with van der Waals surface area (Å²) < 4.78 is 4.82. The Morgan fingerprint density at radius 1 is 1.06 bits per heavy atom.